The molecule has 1 heterocycles. The minimum Gasteiger partial charge on any atom is -0.340 e. The molecule has 146 valence electrons. The van der Waals surface area contributed by atoms with Gasteiger partial charge in [-0.05, 0) is 48.6 Å². The van der Waals surface area contributed by atoms with Gasteiger partial charge in [0.05, 0.1) is 17.6 Å². The van der Waals surface area contributed by atoms with Crippen LogP contribution < -0.4 is 10.0 Å². The lowest BCUT2D eigenvalue weighted by Gasteiger charge is -2.14. The Balaban J connectivity index is 1.64. The van der Waals surface area contributed by atoms with E-state index in [1.807, 2.05) is 36.4 Å². The van der Waals surface area contributed by atoms with Gasteiger partial charge in [-0.2, -0.15) is 0 Å². The first-order valence-corrected chi connectivity index (χ1v) is 11.0. The van der Waals surface area contributed by atoms with Crippen molar-refractivity contribution >= 4 is 27.2 Å². The molecule has 0 fully saturated rings. The minimum absolute atomic E-state index is 0.0279. The number of para-hydroxylation sites is 1. The Hall–Kier alpha value is -2.86. The lowest BCUT2D eigenvalue weighted by molar-refractivity contribution is 0.600. The first kappa shape index (κ1) is 19.9. The molecule has 2 aromatic carbocycles. The largest absolute Gasteiger partial charge is 0.340 e. The summed E-state index contributed by atoms with van der Waals surface area (Å²) >= 11 is 0. The van der Waals surface area contributed by atoms with Crippen LogP contribution in [-0.4, -0.2) is 19.2 Å². The molecule has 0 unspecified atom stereocenters. The van der Waals surface area contributed by atoms with Gasteiger partial charge >= 0.3 is 0 Å². The molecule has 0 aliphatic heterocycles. The fourth-order valence-electron chi connectivity index (χ4n) is 2.99. The average Bonchev–Trinajstić information content (AvgIpc) is 2.70. The second kappa shape index (κ2) is 8.89. The molecule has 0 amide bonds. The van der Waals surface area contributed by atoms with Crippen molar-refractivity contribution in [2.45, 2.75) is 26.7 Å². The molecule has 0 atom stereocenters. The zero-order valence-corrected chi connectivity index (χ0v) is 17.0. The first-order valence-electron chi connectivity index (χ1n) is 9.33. The topological polar surface area (TPSA) is 71.1 Å². The van der Waals surface area contributed by atoms with Crippen molar-refractivity contribution in [1.82, 2.24) is 4.98 Å². The van der Waals surface area contributed by atoms with E-state index in [2.05, 4.69) is 41.0 Å². The number of aromatic nitrogens is 1. The summed E-state index contributed by atoms with van der Waals surface area (Å²) < 4.78 is 27.2. The molecular formula is C22H25N3O2S. The van der Waals surface area contributed by atoms with Gasteiger partial charge < -0.3 is 5.32 Å². The number of sulfonamides is 1. The molecule has 0 spiro atoms. The lowest BCUT2D eigenvalue weighted by atomic mass is 10.1. The van der Waals surface area contributed by atoms with Crippen LogP contribution in [0, 0.1) is 6.92 Å². The molecule has 0 aliphatic rings. The first-order chi connectivity index (χ1) is 13.5. The highest BCUT2D eigenvalue weighted by atomic mass is 32.2. The molecule has 0 saturated carbocycles. The molecular weight excluding hydrogens is 370 g/mol. The zero-order chi connectivity index (χ0) is 20.0. The van der Waals surface area contributed by atoms with Crippen LogP contribution in [0.2, 0.25) is 0 Å². The van der Waals surface area contributed by atoms with E-state index in [-0.39, 0.29) is 5.75 Å². The van der Waals surface area contributed by atoms with Crippen LogP contribution in [0.1, 0.15) is 23.6 Å². The Bertz CT molecular complexity index is 1020. The summed E-state index contributed by atoms with van der Waals surface area (Å²) in [5.41, 5.74) is 4.86. The van der Waals surface area contributed by atoms with Crippen molar-refractivity contribution in [3.05, 3.63) is 83.6 Å². The van der Waals surface area contributed by atoms with Gasteiger partial charge in [0.15, 0.2) is 0 Å². The van der Waals surface area contributed by atoms with Gasteiger partial charge in [-0.25, -0.2) is 13.4 Å². The van der Waals surface area contributed by atoms with Crippen LogP contribution in [0.15, 0.2) is 66.9 Å². The van der Waals surface area contributed by atoms with E-state index in [4.69, 9.17) is 0 Å². The van der Waals surface area contributed by atoms with E-state index in [1.165, 1.54) is 11.8 Å². The number of pyridine rings is 1. The maximum absolute atomic E-state index is 12.3. The molecule has 0 radical (unpaired) electrons. The summed E-state index contributed by atoms with van der Waals surface area (Å²) in [5.74, 6) is 0.705. The predicted molar refractivity (Wildman–Crippen MR) is 116 cm³/mol. The number of benzene rings is 2. The van der Waals surface area contributed by atoms with Crippen molar-refractivity contribution in [2.75, 3.05) is 15.8 Å². The summed E-state index contributed by atoms with van der Waals surface area (Å²) in [6.45, 7) is 4.16. The van der Waals surface area contributed by atoms with E-state index in [9.17, 15) is 8.42 Å². The van der Waals surface area contributed by atoms with Gasteiger partial charge in [0, 0.05) is 5.69 Å². The number of nitrogens with zero attached hydrogens (tertiary/aromatic N) is 1. The maximum atomic E-state index is 12.3. The number of nitrogens with one attached hydrogen (secondary N) is 2. The van der Waals surface area contributed by atoms with Crippen LogP contribution in [0.5, 0.6) is 0 Å². The number of rotatable bonds is 8. The van der Waals surface area contributed by atoms with Gasteiger partial charge in [0.2, 0.25) is 10.0 Å². The van der Waals surface area contributed by atoms with Crippen LogP contribution >= 0.6 is 0 Å². The number of anilines is 3. The summed E-state index contributed by atoms with van der Waals surface area (Å²) in [7, 11) is -3.43. The third-order valence-electron chi connectivity index (χ3n) is 4.53. The van der Waals surface area contributed by atoms with Crippen molar-refractivity contribution in [2.24, 2.45) is 0 Å². The molecule has 3 rings (SSSR count). The predicted octanol–water partition coefficient (Wildman–Crippen LogP) is 4.68. The zero-order valence-electron chi connectivity index (χ0n) is 16.1. The third kappa shape index (κ3) is 5.33. The molecule has 5 nitrogen and oxygen atoms in total. The molecule has 0 bridgehead atoms. The lowest BCUT2D eigenvalue weighted by Crippen LogP contribution is -2.18. The second-order valence-electron chi connectivity index (χ2n) is 6.68. The molecule has 2 N–H and O–H groups in total. The Kier molecular flexibility index (Phi) is 6.31. The van der Waals surface area contributed by atoms with Gasteiger partial charge in [0.1, 0.15) is 5.82 Å². The fourth-order valence-corrected chi connectivity index (χ4v) is 4.07. The molecule has 0 saturated heterocycles. The van der Waals surface area contributed by atoms with Crippen LogP contribution in [0.3, 0.4) is 0 Å². The van der Waals surface area contributed by atoms with E-state index >= 15 is 0 Å². The summed E-state index contributed by atoms with van der Waals surface area (Å²) in [6.07, 6.45) is 2.92. The summed E-state index contributed by atoms with van der Waals surface area (Å²) in [5, 5.41) is 3.34. The highest BCUT2D eigenvalue weighted by molar-refractivity contribution is 7.92. The van der Waals surface area contributed by atoms with Crippen molar-refractivity contribution in [3.8, 4) is 0 Å². The number of hydrogen-bond acceptors (Lipinski definition) is 4. The Morgan fingerprint density at radius 2 is 1.75 bits per heavy atom. The van der Waals surface area contributed by atoms with Crippen LogP contribution in [-0.2, 0) is 22.9 Å². The van der Waals surface area contributed by atoms with E-state index in [0.717, 1.165) is 23.2 Å². The van der Waals surface area contributed by atoms with E-state index < -0.39 is 10.0 Å². The number of aryl methyl sites for hydroxylation is 3. The molecule has 6 heteroatoms. The van der Waals surface area contributed by atoms with Gasteiger partial charge in [-0.15, -0.1) is 0 Å². The standard InChI is InChI=1S/C22H25N3O2S/c1-3-19-11-7-8-17(2)22(19)24-21-13-12-20(16-23-21)25-28(26,27)15-14-18-9-5-4-6-10-18/h4-13,16,25H,3,14-15H2,1-2H3,(H,23,24). The van der Waals surface area contributed by atoms with E-state index in [1.54, 1.807) is 12.1 Å². The quantitative estimate of drug-likeness (QED) is 0.581. The molecule has 3 aromatic rings. The summed E-state index contributed by atoms with van der Waals surface area (Å²) in [4.78, 5) is 4.35. The molecule has 0 aliphatic carbocycles. The SMILES string of the molecule is CCc1cccc(C)c1Nc1ccc(NS(=O)(=O)CCc2ccccc2)cn1. The smallest absolute Gasteiger partial charge is 0.233 e. The van der Waals surface area contributed by atoms with Crippen molar-refractivity contribution in [3.63, 3.8) is 0 Å². The van der Waals surface area contributed by atoms with Gasteiger partial charge in [-0.3, -0.25) is 4.72 Å². The molecule has 28 heavy (non-hydrogen) atoms. The fraction of sp³-hybridized carbons (Fsp3) is 0.227. The van der Waals surface area contributed by atoms with Crippen LogP contribution in [0.4, 0.5) is 17.2 Å². The Morgan fingerprint density at radius 3 is 2.43 bits per heavy atom. The highest BCUT2D eigenvalue weighted by Gasteiger charge is 2.11. The summed E-state index contributed by atoms with van der Waals surface area (Å²) in [6, 6.07) is 19.3. The number of hydrogen-bond donors (Lipinski definition) is 2. The normalized spacial score (nSPS) is 11.2. The minimum atomic E-state index is -3.43. The van der Waals surface area contributed by atoms with Gasteiger partial charge in [0.25, 0.3) is 0 Å². The third-order valence-corrected chi connectivity index (χ3v) is 5.82. The second-order valence-corrected chi connectivity index (χ2v) is 8.52. The van der Waals surface area contributed by atoms with Crippen molar-refractivity contribution < 1.29 is 8.42 Å². The Morgan fingerprint density at radius 1 is 0.964 bits per heavy atom. The van der Waals surface area contributed by atoms with Crippen molar-refractivity contribution in [1.29, 1.82) is 0 Å². The average molecular weight is 396 g/mol. The van der Waals surface area contributed by atoms with Gasteiger partial charge in [-0.1, -0.05) is 55.5 Å². The highest BCUT2D eigenvalue weighted by Crippen LogP contribution is 2.25. The maximum Gasteiger partial charge on any atom is 0.233 e. The van der Waals surface area contributed by atoms with E-state index in [0.29, 0.717) is 17.9 Å². The molecule has 1 aromatic heterocycles. The Labute approximate surface area is 166 Å². The van der Waals surface area contributed by atoms with Crippen LogP contribution in [0.25, 0.3) is 0 Å². The monoisotopic (exact) mass is 395 g/mol.